The number of nitrogens with two attached hydrogens (primary N) is 1. The van der Waals surface area contributed by atoms with Crippen molar-refractivity contribution >= 4 is 5.82 Å². The summed E-state index contributed by atoms with van der Waals surface area (Å²) in [6, 6.07) is 1.92. The molecule has 1 fully saturated rings. The van der Waals surface area contributed by atoms with Crippen molar-refractivity contribution in [1.29, 1.82) is 0 Å². The van der Waals surface area contributed by atoms with Crippen LogP contribution in [0.2, 0.25) is 0 Å². The molecule has 88 valence electrons. The van der Waals surface area contributed by atoms with Gasteiger partial charge in [-0.05, 0) is 19.9 Å². The SMILES string of the molecule is C[C@@H]1CN(c2nnccc2CN)C[C@H](C)O1. The van der Waals surface area contributed by atoms with Gasteiger partial charge in [0.05, 0.1) is 18.4 Å². The lowest BCUT2D eigenvalue weighted by Crippen LogP contribution is -2.46. The zero-order chi connectivity index (χ0) is 11.5. The molecule has 0 amide bonds. The smallest absolute Gasteiger partial charge is 0.155 e. The first-order valence-electron chi connectivity index (χ1n) is 5.61. The molecule has 1 aromatic rings. The highest BCUT2D eigenvalue weighted by molar-refractivity contribution is 5.46. The molecule has 0 aliphatic carbocycles. The molecule has 1 aromatic heterocycles. The van der Waals surface area contributed by atoms with Gasteiger partial charge >= 0.3 is 0 Å². The Morgan fingerprint density at radius 3 is 2.75 bits per heavy atom. The Kier molecular flexibility index (Phi) is 3.36. The summed E-state index contributed by atoms with van der Waals surface area (Å²) in [5, 5.41) is 8.11. The first kappa shape index (κ1) is 11.3. The van der Waals surface area contributed by atoms with Crippen molar-refractivity contribution in [3.63, 3.8) is 0 Å². The van der Waals surface area contributed by atoms with Gasteiger partial charge in [0, 0.05) is 25.2 Å². The number of rotatable bonds is 2. The van der Waals surface area contributed by atoms with Crippen LogP contribution in [0.15, 0.2) is 12.3 Å². The molecular weight excluding hydrogens is 204 g/mol. The molecule has 16 heavy (non-hydrogen) atoms. The van der Waals surface area contributed by atoms with Gasteiger partial charge in [-0.2, -0.15) is 5.10 Å². The van der Waals surface area contributed by atoms with Crippen LogP contribution in [0.3, 0.4) is 0 Å². The average molecular weight is 222 g/mol. The standard InChI is InChI=1S/C11H18N4O/c1-8-6-15(7-9(2)16-8)11-10(5-12)3-4-13-14-11/h3-4,8-9H,5-7,12H2,1-2H3/t8-,9+. The summed E-state index contributed by atoms with van der Waals surface area (Å²) in [6.45, 7) is 6.32. The quantitative estimate of drug-likeness (QED) is 0.791. The Hall–Kier alpha value is -1.20. The summed E-state index contributed by atoms with van der Waals surface area (Å²) in [5.41, 5.74) is 6.74. The summed E-state index contributed by atoms with van der Waals surface area (Å²) in [4.78, 5) is 2.20. The fraction of sp³-hybridized carbons (Fsp3) is 0.636. The summed E-state index contributed by atoms with van der Waals surface area (Å²) in [6.07, 6.45) is 2.12. The van der Waals surface area contributed by atoms with Gasteiger partial charge < -0.3 is 15.4 Å². The van der Waals surface area contributed by atoms with Crippen LogP contribution in [0.1, 0.15) is 19.4 Å². The minimum atomic E-state index is 0.219. The number of hydrogen-bond donors (Lipinski definition) is 1. The Morgan fingerprint density at radius 2 is 2.12 bits per heavy atom. The first-order chi connectivity index (χ1) is 7.70. The number of aromatic nitrogens is 2. The second-order valence-electron chi connectivity index (χ2n) is 4.25. The highest BCUT2D eigenvalue weighted by Crippen LogP contribution is 2.20. The van der Waals surface area contributed by atoms with E-state index in [1.807, 2.05) is 6.07 Å². The zero-order valence-corrected chi connectivity index (χ0v) is 9.76. The minimum Gasteiger partial charge on any atom is -0.372 e. The van der Waals surface area contributed by atoms with E-state index in [4.69, 9.17) is 10.5 Å². The van der Waals surface area contributed by atoms with Crippen LogP contribution in [0.4, 0.5) is 5.82 Å². The van der Waals surface area contributed by atoms with Crippen molar-refractivity contribution in [3.8, 4) is 0 Å². The minimum absolute atomic E-state index is 0.219. The van der Waals surface area contributed by atoms with Crippen LogP contribution >= 0.6 is 0 Å². The van der Waals surface area contributed by atoms with E-state index in [0.29, 0.717) is 6.54 Å². The van der Waals surface area contributed by atoms with E-state index in [2.05, 4.69) is 28.9 Å². The maximum absolute atomic E-state index is 5.70. The second kappa shape index (κ2) is 4.76. The number of ether oxygens (including phenoxy) is 1. The van der Waals surface area contributed by atoms with Gasteiger partial charge in [0.2, 0.25) is 0 Å². The third-order valence-corrected chi connectivity index (χ3v) is 2.72. The lowest BCUT2D eigenvalue weighted by atomic mass is 10.2. The van der Waals surface area contributed by atoms with E-state index in [1.54, 1.807) is 6.20 Å². The van der Waals surface area contributed by atoms with Gasteiger partial charge in [-0.3, -0.25) is 0 Å². The molecule has 0 unspecified atom stereocenters. The van der Waals surface area contributed by atoms with E-state index in [1.165, 1.54) is 0 Å². The number of hydrogen-bond acceptors (Lipinski definition) is 5. The molecule has 5 nitrogen and oxygen atoms in total. The van der Waals surface area contributed by atoms with Crippen LogP contribution in [-0.2, 0) is 11.3 Å². The summed E-state index contributed by atoms with van der Waals surface area (Å²) < 4.78 is 5.69. The predicted octanol–water partition coefficient (Wildman–Crippen LogP) is 0.549. The van der Waals surface area contributed by atoms with Crippen LogP contribution in [0, 0.1) is 0 Å². The molecule has 2 atom stereocenters. The highest BCUT2D eigenvalue weighted by atomic mass is 16.5. The summed E-state index contributed by atoms with van der Waals surface area (Å²) >= 11 is 0. The maximum Gasteiger partial charge on any atom is 0.155 e. The summed E-state index contributed by atoms with van der Waals surface area (Å²) in [5.74, 6) is 0.895. The van der Waals surface area contributed by atoms with Gasteiger partial charge in [0.15, 0.2) is 5.82 Å². The Bertz CT molecular complexity index is 348. The second-order valence-corrected chi connectivity index (χ2v) is 4.25. The lowest BCUT2D eigenvalue weighted by molar-refractivity contribution is -0.00555. The number of anilines is 1. The van der Waals surface area contributed by atoms with Gasteiger partial charge in [-0.25, -0.2) is 0 Å². The Labute approximate surface area is 95.6 Å². The third kappa shape index (κ3) is 2.31. The molecule has 0 spiro atoms. The largest absolute Gasteiger partial charge is 0.372 e. The fourth-order valence-corrected chi connectivity index (χ4v) is 2.13. The molecule has 1 saturated heterocycles. The van der Waals surface area contributed by atoms with E-state index >= 15 is 0 Å². The molecule has 0 radical (unpaired) electrons. The molecular formula is C11H18N4O. The predicted molar refractivity (Wildman–Crippen MR) is 62.1 cm³/mol. The Balaban J connectivity index is 2.22. The lowest BCUT2D eigenvalue weighted by Gasteiger charge is -2.36. The van der Waals surface area contributed by atoms with Crippen molar-refractivity contribution in [1.82, 2.24) is 10.2 Å². The van der Waals surface area contributed by atoms with E-state index in [9.17, 15) is 0 Å². The van der Waals surface area contributed by atoms with Crippen LogP contribution < -0.4 is 10.6 Å². The van der Waals surface area contributed by atoms with E-state index < -0.39 is 0 Å². The first-order valence-corrected chi connectivity index (χ1v) is 5.61. The van der Waals surface area contributed by atoms with E-state index in [0.717, 1.165) is 24.5 Å². The molecule has 1 aliphatic rings. The molecule has 0 aromatic carbocycles. The fourth-order valence-electron chi connectivity index (χ4n) is 2.13. The molecule has 1 aliphatic heterocycles. The van der Waals surface area contributed by atoms with Crippen molar-refractivity contribution in [2.45, 2.75) is 32.6 Å². The number of morpholine rings is 1. The molecule has 2 heterocycles. The van der Waals surface area contributed by atoms with Crippen molar-refractivity contribution in [2.24, 2.45) is 5.73 Å². The van der Waals surface area contributed by atoms with Gasteiger partial charge in [-0.15, -0.1) is 5.10 Å². The zero-order valence-electron chi connectivity index (χ0n) is 9.76. The highest BCUT2D eigenvalue weighted by Gasteiger charge is 2.24. The average Bonchev–Trinajstić information content (AvgIpc) is 2.27. The summed E-state index contributed by atoms with van der Waals surface area (Å²) in [7, 11) is 0. The van der Waals surface area contributed by atoms with Gasteiger partial charge in [0.25, 0.3) is 0 Å². The van der Waals surface area contributed by atoms with Crippen molar-refractivity contribution in [2.75, 3.05) is 18.0 Å². The molecule has 0 saturated carbocycles. The normalized spacial score (nSPS) is 25.8. The van der Waals surface area contributed by atoms with E-state index in [-0.39, 0.29) is 12.2 Å². The Morgan fingerprint density at radius 1 is 1.44 bits per heavy atom. The number of nitrogens with zero attached hydrogens (tertiary/aromatic N) is 3. The topological polar surface area (TPSA) is 64.3 Å². The van der Waals surface area contributed by atoms with Crippen LogP contribution in [-0.4, -0.2) is 35.5 Å². The van der Waals surface area contributed by atoms with Crippen molar-refractivity contribution in [3.05, 3.63) is 17.8 Å². The van der Waals surface area contributed by atoms with Crippen LogP contribution in [0.5, 0.6) is 0 Å². The maximum atomic E-state index is 5.70. The monoisotopic (exact) mass is 222 g/mol. The molecule has 0 bridgehead atoms. The molecule has 2 N–H and O–H groups in total. The molecule has 5 heteroatoms. The molecule has 2 rings (SSSR count). The van der Waals surface area contributed by atoms with Crippen molar-refractivity contribution < 1.29 is 4.74 Å². The third-order valence-electron chi connectivity index (χ3n) is 2.72. The van der Waals surface area contributed by atoms with Gasteiger partial charge in [-0.1, -0.05) is 0 Å². The van der Waals surface area contributed by atoms with Crippen LogP contribution in [0.25, 0.3) is 0 Å². The van der Waals surface area contributed by atoms with Gasteiger partial charge in [0.1, 0.15) is 0 Å².